The van der Waals surface area contributed by atoms with E-state index in [4.69, 9.17) is 5.73 Å². The van der Waals surface area contributed by atoms with E-state index >= 15 is 0 Å². The highest BCUT2D eigenvalue weighted by atomic mass is 32.1. The predicted octanol–water partition coefficient (Wildman–Crippen LogP) is 1.27. The number of carbonyl (C=O) groups is 2. The second kappa shape index (κ2) is 6.60. The van der Waals surface area contributed by atoms with Gasteiger partial charge in [0, 0.05) is 12.8 Å². The average Bonchev–Trinajstić information content (AvgIpc) is 3.18. The lowest BCUT2D eigenvalue weighted by Crippen LogP contribution is -3.11. The molecule has 1 fully saturated rings. The number of amides is 2. The van der Waals surface area contributed by atoms with Crippen molar-refractivity contribution >= 4 is 39.5 Å². The Hall–Kier alpha value is -1.70. The molecule has 5 nitrogen and oxygen atoms in total. The van der Waals surface area contributed by atoms with Crippen LogP contribution in [0.3, 0.4) is 0 Å². The van der Waals surface area contributed by atoms with Crippen molar-refractivity contribution in [2.24, 2.45) is 5.73 Å². The molecule has 0 aliphatic carbocycles. The number of carbonyl (C=O) groups excluding carboxylic acids is 2. The molecular formula is C15H18N3O2S2+. The molecule has 0 radical (unpaired) electrons. The van der Waals surface area contributed by atoms with Crippen LogP contribution in [0.5, 0.6) is 0 Å². The lowest BCUT2D eigenvalue weighted by molar-refractivity contribution is -0.910. The van der Waals surface area contributed by atoms with Crippen LogP contribution in [0.1, 0.15) is 34.1 Å². The number of thiophene rings is 2. The number of hydrogen-bond donors (Lipinski definition) is 3. The number of nitrogens with two attached hydrogens (primary N) is 1. The molecule has 2 aromatic heterocycles. The van der Waals surface area contributed by atoms with Crippen LogP contribution >= 0.6 is 22.7 Å². The number of primary amides is 1. The first-order chi connectivity index (χ1) is 10.6. The predicted molar refractivity (Wildman–Crippen MR) is 88.5 cm³/mol. The molecule has 2 amide bonds. The molecule has 1 saturated heterocycles. The molecule has 116 valence electrons. The molecule has 0 spiro atoms. The van der Waals surface area contributed by atoms with Gasteiger partial charge in [0.05, 0.1) is 17.0 Å². The van der Waals surface area contributed by atoms with Crippen LogP contribution in [0, 0.1) is 0 Å². The third-order valence-corrected chi connectivity index (χ3v) is 5.76. The summed E-state index contributed by atoms with van der Waals surface area (Å²) >= 11 is 3.07. The highest BCUT2D eigenvalue weighted by molar-refractivity contribution is 7.14. The van der Waals surface area contributed by atoms with Gasteiger partial charge < -0.3 is 16.0 Å². The topological polar surface area (TPSA) is 76.6 Å². The fourth-order valence-electron chi connectivity index (χ4n) is 2.93. The zero-order valence-electron chi connectivity index (χ0n) is 12.0. The SMILES string of the molecule is NC(=O)c1ccsc1NC(=O)C[NH+]1CCC[C@@H]1c1cccs1. The van der Waals surface area contributed by atoms with Gasteiger partial charge in [-0.05, 0) is 22.9 Å². The lowest BCUT2D eigenvalue weighted by Gasteiger charge is -2.19. The smallest absolute Gasteiger partial charge is 0.280 e. The van der Waals surface area contributed by atoms with E-state index < -0.39 is 5.91 Å². The third-order valence-electron chi connectivity index (χ3n) is 3.94. The first kappa shape index (κ1) is 15.2. The van der Waals surface area contributed by atoms with Crippen molar-refractivity contribution in [1.82, 2.24) is 0 Å². The zero-order valence-corrected chi connectivity index (χ0v) is 13.6. The second-order valence-electron chi connectivity index (χ2n) is 5.37. The Kier molecular flexibility index (Phi) is 4.56. The first-order valence-corrected chi connectivity index (χ1v) is 8.96. The van der Waals surface area contributed by atoms with Crippen LogP contribution in [0.4, 0.5) is 5.00 Å². The van der Waals surface area contributed by atoms with Crippen molar-refractivity contribution < 1.29 is 14.5 Å². The van der Waals surface area contributed by atoms with Gasteiger partial charge in [-0.15, -0.1) is 22.7 Å². The molecule has 4 N–H and O–H groups in total. The Balaban J connectivity index is 1.64. The molecule has 3 rings (SSSR count). The number of rotatable bonds is 5. The summed E-state index contributed by atoms with van der Waals surface area (Å²) in [7, 11) is 0. The molecule has 1 aliphatic rings. The van der Waals surface area contributed by atoms with E-state index in [9.17, 15) is 9.59 Å². The molecule has 1 aliphatic heterocycles. The Morgan fingerprint density at radius 2 is 2.18 bits per heavy atom. The maximum atomic E-state index is 12.3. The summed E-state index contributed by atoms with van der Waals surface area (Å²) in [6, 6.07) is 6.24. The molecule has 3 heterocycles. The Morgan fingerprint density at radius 1 is 1.32 bits per heavy atom. The van der Waals surface area contributed by atoms with Crippen LogP contribution in [0.2, 0.25) is 0 Å². The monoisotopic (exact) mass is 336 g/mol. The minimum Gasteiger partial charge on any atom is -0.366 e. The van der Waals surface area contributed by atoms with E-state index in [2.05, 4.69) is 22.8 Å². The van der Waals surface area contributed by atoms with E-state index in [1.54, 1.807) is 22.8 Å². The van der Waals surface area contributed by atoms with Crippen LogP contribution in [-0.4, -0.2) is 24.9 Å². The maximum Gasteiger partial charge on any atom is 0.280 e. The van der Waals surface area contributed by atoms with Crippen LogP contribution < -0.4 is 16.0 Å². The first-order valence-electron chi connectivity index (χ1n) is 7.20. The van der Waals surface area contributed by atoms with Gasteiger partial charge in [0.2, 0.25) is 0 Å². The van der Waals surface area contributed by atoms with Crippen molar-refractivity contribution in [1.29, 1.82) is 0 Å². The summed E-state index contributed by atoms with van der Waals surface area (Å²) in [5, 5.41) is 7.21. The van der Waals surface area contributed by atoms with Gasteiger partial charge in [0.15, 0.2) is 6.54 Å². The van der Waals surface area contributed by atoms with Gasteiger partial charge in [0.25, 0.3) is 11.8 Å². The highest BCUT2D eigenvalue weighted by Crippen LogP contribution is 2.24. The molecule has 7 heteroatoms. The lowest BCUT2D eigenvalue weighted by atomic mass is 10.2. The van der Waals surface area contributed by atoms with Crippen LogP contribution in [0.25, 0.3) is 0 Å². The second-order valence-corrected chi connectivity index (χ2v) is 7.27. The number of likely N-dealkylation sites (tertiary alicyclic amines) is 1. The fraction of sp³-hybridized carbons (Fsp3) is 0.333. The summed E-state index contributed by atoms with van der Waals surface area (Å²) in [5.74, 6) is -0.579. The Bertz CT molecular complexity index is 666. The maximum absolute atomic E-state index is 12.3. The standard InChI is InChI=1S/C15H17N3O2S2/c16-14(20)10-5-8-22-15(10)17-13(19)9-18-6-1-3-11(18)12-4-2-7-21-12/h2,4-5,7-8,11H,1,3,6,9H2,(H2,16,20)(H,17,19)/p+1/t11-/m1/s1. The number of hydrogen-bond acceptors (Lipinski definition) is 4. The summed E-state index contributed by atoms with van der Waals surface area (Å²) in [6.07, 6.45) is 2.26. The van der Waals surface area contributed by atoms with Crippen molar-refractivity contribution in [3.05, 3.63) is 39.4 Å². The van der Waals surface area contributed by atoms with Gasteiger partial charge >= 0.3 is 0 Å². The van der Waals surface area contributed by atoms with Crippen molar-refractivity contribution in [2.45, 2.75) is 18.9 Å². The minimum atomic E-state index is -0.512. The summed E-state index contributed by atoms with van der Waals surface area (Å²) in [5.41, 5.74) is 5.68. The molecular weight excluding hydrogens is 318 g/mol. The van der Waals surface area contributed by atoms with Gasteiger partial charge in [-0.25, -0.2) is 0 Å². The third kappa shape index (κ3) is 3.21. The normalized spacial score (nSPS) is 20.9. The molecule has 22 heavy (non-hydrogen) atoms. The van der Waals surface area contributed by atoms with Gasteiger partial charge in [-0.2, -0.15) is 0 Å². The summed E-state index contributed by atoms with van der Waals surface area (Å²) in [4.78, 5) is 26.2. The molecule has 0 saturated carbocycles. The number of anilines is 1. The van der Waals surface area contributed by atoms with Crippen molar-refractivity contribution in [3.63, 3.8) is 0 Å². The Labute approximate surface area is 136 Å². The van der Waals surface area contributed by atoms with Gasteiger partial charge in [-0.3, -0.25) is 9.59 Å². The molecule has 2 aromatic rings. The number of quaternary nitrogens is 1. The molecule has 0 aromatic carbocycles. The van der Waals surface area contributed by atoms with Gasteiger partial charge in [-0.1, -0.05) is 6.07 Å². The molecule has 1 unspecified atom stereocenters. The largest absolute Gasteiger partial charge is 0.366 e. The quantitative estimate of drug-likeness (QED) is 0.769. The van der Waals surface area contributed by atoms with E-state index in [0.29, 0.717) is 23.2 Å². The van der Waals surface area contributed by atoms with E-state index in [0.717, 1.165) is 19.4 Å². The Morgan fingerprint density at radius 3 is 2.91 bits per heavy atom. The molecule has 2 atom stereocenters. The fourth-order valence-corrected chi connectivity index (χ4v) is 4.66. The van der Waals surface area contributed by atoms with Crippen LogP contribution in [-0.2, 0) is 4.79 Å². The van der Waals surface area contributed by atoms with E-state index in [1.807, 2.05) is 0 Å². The van der Waals surface area contributed by atoms with Gasteiger partial charge in [0.1, 0.15) is 11.0 Å². The van der Waals surface area contributed by atoms with Crippen LogP contribution in [0.15, 0.2) is 29.0 Å². The average molecular weight is 336 g/mol. The zero-order chi connectivity index (χ0) is 15.5. The van der Waals surface area contributed by atoms with E-state index in [1.165, 1.54) is 21.1 Å². The minimum absolute atomic E-state index is 0.0663. The summed E-state index contributed by atoms with van der Waals surface area (Å²) < 4.78 is 0. The highest BCUT2D eigenvalue weighted by Gasteiger charge is 2.32. The van der Waals surface area contributed by atoms with E-state index in [-0.39, 0.29) is 5.91 Å². The summed E-state index contributed by atoms with van der Waals surface area (Å²) in [6.45, 7) is 1.42. The van der Waals surface area contributed by atoms with Crippen molar-refractivity contribution in [2.75, 3.05) is 18.4 Å². The number of nitrogens with one attached hydrogen (secondary N) is 2. The van der Waals surface area contributed by atoms with Crippen molar-refractivity contribution in [3.8, 4) is 0 Å². The molecule has 0 bridgehead atoms.